The second-order valence-corrected chi connectivity index (χ2v) is 4.64. The van der Waals surface area contributed by atoms with Crippen LogP contribution in [0.3, 0.4) is 0 Å². The number of aromatic amines is 1. The van der Waals surface area contributed by atoms with Crippen molar-refractivity contribution in [3.05, 3.63) is 46.0 Å². The number of carbonyl (C=O) groups excluding carboxylic acids is 1. The third kappa shape index (κ3) is 3.53. The van der Waals surface area contributed by atoms with Gasteiger partial charge >= 0.3 is 0 Å². The Morgan fingerprint density at radius 2 is 2.25 bits per heavy atom. The van der Waals surface area contributed by atoms with Crippen molar-refractivity contribution in [2.75, 3.05) is 6.54 Å². The minimum atomic E-state index is -0.341. The fourth-order valence-electron chi connectivity index (χ4n) is 1.56. The molecule has 0 atom stereocenters. The lowest BCUT2D eigenvalue weighted by molar-refractivity contribution is 0.0948. The predicted octanol–water partition coefficient (Wildman–Crippen LogP) is 0.854. The number of hydrogen-bond acceptors (Lipinski definition) is 5. The van der Waals surface area contributed by atoms with E-state index in [1.807, 2.05) is 13.8 Å². The quantitative estimate of drug-likeness (QED) is 0.843. The van der Waals surface area contributed by atoms with Crippen LogP contribution in [0.4, 0.5) is 0 Å². The largest absolute Gasteiger partial charge is 0.350 e. The third-order valence-electron chi connectivity index (χ3n) is 2.64. The Hall–Kier alpha value is -2.44. The summed E-state index contributed by atoms with van der Waals surface area (Å²) in [5.41, 5.74) is -0.0815. The predicted molar refractivity (Wildman–Crippen MR) is 71.5 cm³/mol. The maximum atomic E-state index is 11.8. The summed E-state index contributed by atoms with van der Waals surface area (Å²) < 4.78 is 5.06. The first-order chi connectivity index (χ1) is 9.56. The van der Waals surface area contributed by atoms with Crippen molar-refractivity contribution in [2.45, 2.75) is 26.2 Å². The molecule has 0 bridgehead atoms. The van der Waals surface area contributed by atoms with Crippen LogP contribution in [0.5, 0.6) is 0 Å². The summed E-state index contributed by atoms with van der Waals surface area (Å²) >= 11 is 0. The van der Waals surface area contributed by atoms with Gasteiger partial charge in [0.1, 0.15) is 5.69 Å². The zero-order chi connectivity index (χ0) is 14.5. The maximum Gasteiger partial charge on any atom is 0.267 e. The molecule has 0 aliphatic rings. The van der Waals surface area contributed by atoms with Gasteiger partial charge in [-0.3, -0.25) is 9.59 Å². The molecule has 106 valence electrons. The van der Waals surface area contributed by atoms with Crippen LogP contribution in [0.25, 0.3) is 0 Å². The van der Waals surface area contributed by atoms with E-state index < -0.39 is 0 Å². The summed E-state index contributed by atoms with van der Waals surface area (Å²) in [4.78, 5) is 29.5. The van der Waals surface area contributed by atoms with Gasteiger partial charge in [0.2, 0.25) is 11.4 Å². The lowest BCUT2D eigenvalue weighted by atomic mass is 10.2. The monoisotopic (exact) mass is 276 g/mol. The number of hydrogen-bond donors (Lipinski definition) is 2. The Bertz CT molecular complexity index is 645. The second-order valence-electron chi connectivity index (χ2n) is 4.64. The van der Waals surface area contributed by atoms with Gasteiger partial charge in [0.15, 0.2) is 5.82 Å². The number of nitrogens with one attached hydrogen (secondary N) is 2. The third-order valence-corrected chi connectivity index (χ3v) is 2.64. The summed E-state index contributed by atoms with van der Waals surface area (Å²) in [6.07, 6.45) is 0.447. The summed E-state index contributed by atoms with van der Waals surface area (Å²) in [7, 11) is 0. The van der Waals surface area contributed by atoms with Crippen LogP contribution in [0.1, 0.15) is 42.0 Å². The van der Waals surface area contributed by atoms with Crippen molar-refractivity contribution >= 4 is 5.91 Å². The van der Waals surface area contributed by atoms with Gasteiger partial charge < -0.3 is 14.8 Å². The van der Waals surface area contributed by atoms with E-state index >= 15 is 0 Å². The standard InChI is InChI=1S/C13H16N4O3/c1-8(2)12-16-11(20-17-12)6-7-14-13(19)9-4-3-5-10(18)15-9/h3-5,8H,6-7H2,1-2H3,(H,14,19)(H,15,18). The number of pyridine rings is 1. The molecule has 0 aliphatic carbocycles. The molecule has 2 N–H and O–H groups in total. The molecule has 0 spiro atoms. The molecule has 7 nitrogen and oxygen atoms in total. The highest BCUT2D eigenvalue weighted by atomic mass is 16.5. The SMILES string of the molecule is CC(C)c1noc(CCNC(=O)c2cccc(=O)[nH]2)n1. The molecule has 0 saturated heterocycles. The van der Waals surface area contributed by atoms with E-state index in [1.165, 1.54) is 12.1 Å². The highest BCUT2D eigenvalue weighted by Crippen LogP contribution is 2.09. The Labute approximate surface area is 115 Å². The summed E-state index contributed by atoms with van der Waals surface area (Å²) in [5.74, 6) is 0.997. The molecule has 0 radical (unpaired) electrons. The van der Waals surface area contributed by atoms with Gasteiger partial charge in [-0.05, 0) is 6.07 Å². The number of aromatic nitrogens is 3. The molecule has 20 heavy (non-hydrogen) atoms. The van der Waals surface area contributed by atoms with Gasteiger partial charge in [0.25, 0.3) is 5.91 Å². The maximum absolute atomic E-state index is 11.8. The van der Waals surface area contributed by atoms with Crippen LogP contribution in [0.15, 0.2) is 27.5 Å². The van der Waals surface area contributed by atoms with Crippen molar-refractivity contribution < 1.29 is 9.32 Å². The van der Waals surface area contributed by atoms with Crippen LogP contribution in [-0.2, 0) is 6.42 Å². The average molecular weight is 276 g/mol. The van der Waals surface area contributed by atoms with Crippen LogP contribution < -0.4 is 10.9 Å². The number of amides is 1. The number of rotatable bonds is 5. The van der Waals surface area contributed by atoms with Crippen LogP contribution in [0, 0.1) is 0 Å². The molecule has 2 aromatic heterocycles. The molecule has 0 aliphatic heterocycles. The molecule has 0 saturated carbocycles. The van der Waals surface area contributed by atoms with E-state index in [1.54, 1.807) is 6.07 Å². The first-order valence-electron chi connectivity index (χ1n) is 6.36. The van der Waals surface area contributed by atoms with Crippen molar-refractivity contribution in [1.82, 2.24) is 20.4 Å². The van der Waals surface area contributed by atoms with Crippen LogP contribution in [-0.4, -0.2) is 27.6 Å². The van der Waals surface area contributed by atoms with Gasteiger partial charge in [-0.1, -0.05) is 25.1 Å². The summed E-state index contributed by atoms with van der Waals surface area (Å²) in [5, 5.41) is 6.51. The summed E-state index contributed by atoms with van der Waals surface area (Å²) in [6.45, 7) is 4.31. The number of nitrogens with zero attached hydrogens (tertiary/aromatic N) is 2. The first kappa shape index (κ1) is 14.0. The van der Waals surface area contributed by atoms with Gasteiger partial charge in [-0.15, -0.1) is 0 Å². The molecule has 0 fully saturated rings. The second kappa shape index (κ2) is 6.14. The van der Waals surface area contributed by atoms with E-state index in [2.05, 4.69) is 20.4 Å². The fraction of sp³-hybridized carbons (Fsp3) is 0.385. The summed E-state index contributed by atoms with van der Waals surface area (Å²) in [6, 6.07) is 4.42. The van der Waals surface area contributed by atoms with E-state index in [9.17, 15) is 9.59 Å². The number of carbonyl (C=O) groups is 1. The average Bonchev–Trinajstić information content (AvgIpc) is 2.87. The molecular formula is C13H16N4O3. The Morgan fingerprint density at radius 3 is 2.90 bits per heavy atom. The number of H-pyrrole nitrogens is 1. The molecule has 2 aromatic rings. The Morgan fingerprint density at radius 1 is 1.45 bits per heavy atom. The minimum absolute atomic E-state index is 0.205. The minimum Gasteiger partial charge on any atom is -0.350 e. The van der Waals surface area contributed by atoms with Crippen molar-refractivity contribution in [1.29, 1.82) is 0 Å². The van der Waals surface area contributed by atoms with Crippen molar-refractivity contribution in [2.24, 2.45) is 0 Å². The van der Waals surface area contributed by atoms with Gasteiger partial charge in [-0.2, -0.15) is 4.98 Å². The van der Waals surface area contributed by atoms with E-state index in [4.69, 9.17) is 4.52 Å². The molecule has 0 aromatic carbocycles. The smallest absolute Gasteiger partial charge is 0.267 e. The molecule has 2 heterocycles. The zero-order valence-corrected chi connectivity index (χ0v) is 11.3. The van der Waals surface area contributed by atoms with Gasteiger partial charge in [-0.25, -0.2) is 0 Å². The van der Waals surface area contributed by atoms with E-state index in [0.717, 1.165) is 0 Å². The Balaban J connectivity index is 1.86. The lowest BCUT2D eigenvalue weighted by Gasteiger charge is -2.02. The highest BCUT2D eigenvalue weighted by molar-refractivity contribution is 5.92. The van der Waals surface area contributed by atoms with E-state index in [-0.39, 0.29) is 23.1 Å². The topological polar surface area (TPSA) is 101 Å². The van der Waals surface area contributed by atoms with Crippen molar-refractivity contribution in [3.8, 4) is 0 Å². The molecule has 2 rings (SSSR count). The highest BCUT2D eigenvalue weighted by Gasteiger charge is 2.10. The zero-order valence-electron chi connectivity index (χ0n) is 11.3. The van der Waals surface area contributed by atoms with Crippen LogP contribution >= 0.6 is 0 Å². The van der Waals surface area contributed by atoms with Gasteiger partial charge in [0, 0.05) is 24.9 Å². The molecule has 0 unspecified atom stereocenters. The van der Waals surface area contributed by atoms with Crippen LogP contribution in [0.2, 0.25) is 0 Å². The first-order valence-corrected chi connectivity index (χ1v) is 6.36. The molecular weight excluding hydrogens is 260 g/mol. The van der Waals surface area contributed by atoms with Gasteiger partial charge in [0.05, 0.1) is 0 Å². The Kier molecular flexibility index (Phi) is 4.29. The van der Waals surface area contributed by atoms with Crippen molar-refractivity contribution in [3.63, 3.8) is 0 Å². The normalized spacial score (nSPS) is 10.8. The fourth-order valence-corrected chi connectivity index (χ4v) is 1.56. The molecule has 1 amide bonds. The lowest BCUT2D eigenvalue weighted by Crippen LogP contribution is -2.28. The molecule has 7 heteroatoms. The van der Waals surface area contributed by atoms with E-state index in [0.29, 0.717) is 24.7 Å².